The fraction of sp³-hybridized carbons (Fsp3) is 0.462. The lowest BCUT2D eigenvalue weighted by Gasteiger charge is -2.24. The summed E-state index contributed by atoms with van der Waals surface area (Å²) in [4.78, 5) is 10.2. The SMILES string of the molecule is CC(C)(O)c1cc(C(C)(C)O)cc(S(=O)(=O)NC=O)c1. The summed E-state index contributed by atoms with van der Waals surface area (Å²) in [6.07, 6.45) is 0.0653. The molecule has 112 valence electrons. The highest BCUT2D eigenvalue weighted by Crippen LogP contribution is 2.29. The lowest BCUT2D eigenvalue weighted by Crippen LogP contribution is -2.25. The molecule has 0 aliphatic carbocycles. The molecular weight excluding hydrogens is 282 g/mol. The number of carbonyl (C=O) groups is 1. The molecule has 0 fully saturated rings. The normalized spacial score (nSPS) is 13.1. The van der Waals surface area contributed by atoms with E-state index in [1.165, 1.54) is 45.9 Å². The molecule has 0 aromatic heterocycles. The zero-order valence-corrected chi connectivity index (χ0v) is 12.7. The summed E-state index contributed by atoms with van der Waals surface area (Å²) in [7, 11) is -4.02. The van der Waals surface area contributed by atoms with Gasteiger partial charge in [0, 0.05) is 0 Å². The van der Waals surface area contributed by atoms with E-state index in [2.05, 4.69) is 0 Å². The van der Waals surface area contributed by atoms with Crippen LogP contribution in [0.15, 0.2) is 23.1 Å². The Morgan fingerprint density at radius 1 is 1.00 bits per heavy atom. The number of carbonyl (C=O) groups excluding carboxylic acids is 1. The monoisotopic (exact) mass is 301 g/mol. The molecule has 0 spiro atoms. The van der Waals surface area contributed by atoms with Crippen molar-refractivity contribution < 1.29 is 23.4 Å². The zero-order valence-electron chi connectivity index (χ0n) is 11.8. The van der Waals surface area contributed by atoms with Gasteiger partial charge < -0.3 is 10.2 Å². The van der Waals surface area contributed by atoms with E-state index in [4.69, 9.17) is 0 Å². The van der Waals surface area contributed by atoms with Crippen molar-refractivity contribution in [2.24, 2.45) is 0 Å². The van der Waals surface area contributed by atoms with Crippen LogP contribution in [-0.4, -0.2) is 25.0 Å². The Bertz CT molecular complexity index is 576. The molecule has 1 amide bonds. The highest BCUT2D eigenvalue weighted by molar-refractivity contribution is 7.90. The van der Waals surface area contributed by atoms with Crippen molar-refractivity contribution in [2.45, 2.75) is 43.8 Å². The number of rotatable bonds is 5. The Hall–Kier alpha value is -1.44. The Morgan fingerprint density at radius 2 is 1.40 bits per heavy atom. The van der Waals surface area contributed by atoms with Crippen LogP contribution in [0.5, 0.6) is 0 Å². The summed E-state index contributed by atoms with van der Waals surface area (Å²) in [5.41, 5.74) is -1.92. The lowest BCUT2D eigenvalue weighted by molar-refractivity contribution is -0.108. The first-order chi connectivity index (χ1) is 8.88. The topological polar surface area (TPSA) is 104 Å². The minimum absolute atomic E-state index is 0.0653. The second kappa shape index (κ2) is 5.16. The van der Waals surface area contributed by atoms with Crippen LogP contribution < -0.4 is 4.72 Å². The average Bonchev–Trinajstić information content (AvgIpc) is 2.26. The molecule has 0 heterocycles. The van der Waals surface area contributed by atoms with Crippen LogP contribution in [0.4, 0.5) is 0 Å². The van der Waals surface area contributed by atoms with E-state index in [9.17, 15) is 23.4 Å². The molecule has 1 aromatic rings. The number of amides is 1. The van der Waals surface area contributed by atoms with Gasteiger partial charge in [0.15, 0.2) is 0 Å². The fourth-order valence-corrected chi connectivity index (χ4v) is 2.42. The summed E-state index contributed by atoms with van der Waals surface area (Å²) >= 11 is 0. The number of aliphatic hydroxyl groups is 2. The molecule has 0 unspecified atom stereocenters. The lowest BCUT2D eigenvalue weighted by atomic mass is 9.91. The summed E-state index contributed by atoms with van der Waals surface area (Å²) in [6, 6.07) is 4.06. The first-order valence-corrected chi connectivity index (χ1v) is 7.43. The maximum Gasteiger partial charge on any atom is 0.263 e. The minimum atomic E-state index is -4.02. The van der Waals surface area contributed by atoms with Crippen LogP contribution in [0, 0.1) is 0 Å². The van der Waals surface area contributed by atoms with Gasteiger partial charge in [-0.15, -0.1) is 0 Å². The van der Waals surface area contributed by atoms with Crippen LogP contribution in [-0.2, 0) is 26.0 Å². The van der Waals surface area contributed by atoms with E-state index in [1.54, 1.807) is 4.72 Å². The van der Waals surface area contributed by atoms with Crippen molar-refractivity contribution in [3.05, 3.63) is 29.3 Å². The van der Waals surface area contributed by atoms with Crippen LogP contribution in [0.2, 0.25) is 0 Å². The highest BCUT2D eigenvalue weighted by atomic mass is 32.2. The van der Waals surface area contributed by atoms with Crippen LogP contribution in [0.3, 0.4) is 0 Å². The van der Waals surface area contributed by atoms with Gasteiger partial charge in [-0.25, -0.2) is 8.42 Å². The molecule has 1 aromatic carbocycles. The molecular formula is C13H19NO5S. The van der Waals surface area contributed by atoms with E-state index in [0.29, 0.717) is 11.1 Å². The smallest absolute Gasteiger partial charge is 0.263 e. The highest BCUT2D eigenvalue weighted by Gasteiger charge is 2.26. The van der Waals surface area contributed by atoms with Crippen LogP contribution in [0.1, 0.15) is 38.8 Å². The van der Waals surface area contributed by atoms with Gasteiger partial charge in [0.05, 0.1) is 16.1 Å². The molecule has 3 N–H and O–H groups in total. The maximum absolute atomic E-state index is 11.9. The molecule has 0 atom stereocenters. The van der Waals surface area contributed by atoms with Gasteiger partial charge in [-0.1, -0.05) is 6.07 Å². The Balaban J connectivity index is 3.59. The van der Waals surface area contributed by atoms with E-state index < -0.39 is 21.2 Å². The van der Waals surface area contributed by atoms with Crippen molar-refractivity contribution in [1.29, 1.82) is 0 Å². The second-order valence-electron chi connectivity index (χ2n) is 5.60. The summed E-state index contributed by atoms with van der Waals surface area (Å²) in [6.45, 7) is 6.00. The Morgan fingerprint density at radius 3 is 1.70 bits per heavy atom. The molecule has 0 aliphatic heterocycles. The quantitative estimate of drug-likeness (QED) is 0.690. The number of hydrogen-bond donors (Lipinski definition) is 3. The summed E-state index contributed by atoms with van der Waals surface area (Å²) < 4.78 is 25.5. The van der Waals surface area contributed by atoms with E-state index in [-0.39, 0.29) is 11.3 Å². The largest absolute Gasteiger partial charge is 0.386 e. The van der Waals surface area contributed by atoms with Gasteiger partial charge in [0.1, 0.15) is 0 Å². The molecule has 0 bridgehead atoms. The van der Waals surface area contributed by atoms with Gasteiger partial charge in [-0.05, 0) is 51.0 Å². The predicted octanol–water partition coefficient (Wildman–Crippen LogP) is 0.576. The molecule has 20 heavy (non-hydrogen) atoms. The van der Waals surface area contributed by atoms with Crippen LogP contribution >= 0.6 is 0 Å². The number of sulfonamides is 1. The first-order valence-electron chi connectivity index (χ1n) is 5.95. The molecule has 0 saturated carbocycles. The molecule has 0 radical (unpaired) electrons. The van der Waals surface area contributed by atoms with E-state index in [0.717, 1.165) is 0 Å². The standard InChI is InChI=1S/C13H19NO5S/c1-12(2,16)9-5-10(13(3,4)17)7-11(6-9)20(18,19)14-8-15/h5-8,16-17H,1-4H3,(H,14,15). The molecule has 6 nitrogen and oxygen atoms in total. The Kier molecular flexibility index (Phi) is 4.28. The third kappa shape index (κ3) is 3.78. The number of hydrogen-bond acceptors (Lipinski definition) is 5. The summed E-state index contributed by atoms with van der Waals surface area (Å²) in [5.74, 6) is 0. The van der Waals surface area contributed by atoms with Gasteiger partial charge in [0.25, 0.3) is 10.0 Å². The van der Waals surface area contributed by atoms with Crippen molar-refractivity contribution in [2.75, 3.05) is 0 Å². The number of benzene rings is 1. The predicted molar refractivity (Wildman–Crippen MR) is 73.3 cm³/mol. The third-order valence-corrected chi connectivity index (χ3v) is 4.10. The van der Waals surface area contributed by atoms with E-state index >= 15 is 0 Å². The van der Waals surface area contributed by atoms with Gasteiger partial charge in [-0.3, -0.25) is 9.52 Å². The Labute approximate surface area is 118 Å². The molecule has 0 aliphatic rings. The minimum Gasteiger partial charge on any atom is -0.386 e. The van der Waals surface area contributed by atoms with Crippen molar-refractivity contribution >= 4 is 16.4 Å². The van der Waals surface area contributed by atoms with Gasteiger partial charge in [-0.2, -0.15) is 0 Å². The van der Waals surface area contributed by atoms with Crippen molar-refractivity contribution in [3.8, 4) is 0 Å². The van der Waals surface area contributed by atoms with Crippen LogP contribution in [0.25, 0.3) is 0 Å². The zero-order chi connectivity index (χ0) is 15.8. The van der Waals surface area contributed by atoms with E-state index in [1.807, 2.05) is 0 Å². The average molecular weight is 301 g/mol. The van der Waals surface area contributed by atoms with Crippen molar-refractivity contribution in [3.63, 3.8) is 0 Å². The third-order valence-electron chi connectivity index (χ3n) is 2.83. The molecule has 1 rings (SSSR count). The molecule has 7 heteroatoms. The summed E-state index contributed by atoms with van der Waals surface area (Å²) in [5, 5.41) is 20.1. The van der Waals surface area contributed by atoms with Crippen molar-refractivity contribution in [1.82, 2.24) is 4.72 Å². The molecule has 0 saturated heterocycles. The van der Waals surface area contributed by atoms with Gasteiger partial charge >= 0.3 is 0 Å². The second-order valence-corrected chi connectivity index (χ2v) is 7.32. The van der Waals surface area contributed by atoms with Gasteiger partial charge in [0.2, 0.25) is 6.41 Å². The number of nitrogens with one attached hydrogen (secondary N) is 1. The first kappa shape index (κ1) is 16.6. The fourth-order valence-electron chi connectivity index (χ4n) is 1.59. The maximum atomic E-state index is 11.9.